The minimum atomic E-state index is 0.512. The van der Waals surface area contributed by atoms with E-state index in [9.17, 15) is 0 Å². The molecule has 0 saturated carbocycles. The second-order valence-corrected chi connectivity index (χ2v) is 4.30. The maximum Gasteiger partial charge on any atom is 0.0718 e. The second kappa shape index (κ2) is 8.48. The molecular formula is C17H24O. The lowest BCUT2D eigenvalue weighted by atomic mass is 9.98. The number of methoxy groups -OCH3 is 1. The highest BCUT2D eigenvalue weighted by Gasteiger charge is 2.05. The predicted octanol–water partition coefficient (Wildman–Crippen LogP) is 4.77. The molecule has 0 aliphatic heterocycles. The van der Waals surface area contributed by atoms with Crippen LogP contribution in [0.3, 0.4) is 0 Å². The van der Waals surface area contributed by atoms with Crippen LogP contribution in [-0.2, 0) is 4.74 Å². The minimum absolute atomic E-state index is 0.512. The third-order valence-corrected chi connectivity index (χ3v) is 2.48. The summed E-state index contributed by atoms with van der Waals surface area (Å²) in [5.74, 6) is 0. The molecule has 0 atom stereocenters. The smallest absolute Gasteiger partial charge is 0.0718 e. The zero-order valence-corrected chi connectivity index (χ0v) is 11.9. The van der Waals surface area contributed by atoms with Gasteiger partial charge in [0.1, 0.15) is 0 Å². The van der Waals surface area contributed by atoms with Gasteiger partial charge in [-0.25, -0.2) is 0 Å². The van der Waals surface area contributed by atoms with Crippen molar-refractivity contribution in [3.63, 3.8) is 0 Å². The lowest BCUT2D eigenvalue weighted by Crippen LogP contribution is -1.99. The maximum atomic E-state index is 5.19. The molecule has 0 aliphatic carbocycles. The van der Waals surface area contributed by atoms with E-state index < -0.39 is 0 Å². The maximum absolute atomic E-state index is 5.19. The fraction of sp³-hybridized carbons (Fsp3) is 0.294. The Bertz CT molecular complexity index is 405. The molecule has 0 saturated heterocycles. The van der Waals surface area contributed by atoms with Crippen molar-refractivity contribution < 1.29 is 4.74 Å². The van der Waals surface area contributed by atoms with Crippen molar-refractivity contribution in [2.24, 2.45) is 0 Å². The summed E-state index contributed by atoms with van der Waals surface area (Å²) in [7, 11) is 1.67. The van der Waals surface area contributed by atoms with Crippen LogP contribution in [0.1, 0.15) is 20.3 Å². The van der Waals surface area contributed by atoms with Gasteiger partial charge in [-0.05, 0) is 30.1 Å². The van der Waals surface area contributed by atoms with Crippen molar-refractivity contribution in [3.05, 3.63) is 72.4 Å². The van der Waals surface area contributed by atoms with Crippen LogP contribution < -0.4 is 0 Å². The first-order valence-electron chi connectivity index (χ1n) is 6.01. The lowest BCUT2D eigenvalue weighted by Gasteiger charge is -2.11. The molecule has 1 nitrogen and oxygen atoms in total. The van der Waals surface area contributed by atoms with Crippen LogP contribution in [0.25, 0.3) is 0 Å². The number of ether oxygens (including phenoxy) is 1. The lowest BCUT2D eigenvalue weighted by molar-refractivity contribution is 0.227. The summed E-state index contributed by atoms with van der Waals surface area (Å²) in [6, 6.07) is 0. The summed E-state index contributed by atoms with van der Waals surface area (Å²) >= 11 is 0. The third-order valence-electron chi connectivity index (χ3n) is 2.48. The van der Waals surface area contributed by atoms with Gasteiger partial charge < -0.3 is 4.74 Å². The van der Waals surface area contributed by atoms with Gasteiger partial charge in [-0.1, -0.05) is 62.6 Å². The van der Waals surface area contributed by atoms with E-state index in [-0.39, 0.29) is 0 Å². The Balaban J connectivity index is 4.98. The molecule has 0 bridgehead atoms. The second-order valence-electron chi connectivity index (χ2n) is 4.30. The van der Waals surface area contributed by atoms with E-state index in [0.29, 0.717) is 6.61 Å². The average molecular weight is 244 g/mol. The predicted molar refractivity (Wildman–Crippen MR) is 81.6 cm³/mol. The first-order chi connectivity index (χ1) is 8.42. The highest BCUT2D eigenvalue weighted by Crippen LogP contribution is 2.20. The monoisotopic (exact) mass is 244 g/mol. The van der Waals surface area contributed by atoms with Crippen LogP contribution >= 0.6 is 0 Å². The summed E-state index contributed by atoms with van der Waals surface area (Å²) in [5.41, 5.74) is 4.80. The average Bonchev–Trinajstić information content (AvgIpc) is 2.34. The van der Waals surface area contributed by atoms with Gasteiger partial charge in [0.05, 0.1) is 6.61 Å². The fourth-order valence-corrected chi connectivity index (χ4v) is 1.27. The van der Waals surface area contributed by atoms with E-state index in [1.807, 2.05) is 25.2 Å². The van der Waals surface area contributed by atoms with Crippen molar-refractivity contribution >= 4 is 0 Å². The zero-order chi connectivity index (χ0) is 14.1. The van der Waals surface area contributed by atoms with Gasteiger partial charge in [0.25, 0.3) is 0 Å². The van der Waals surface area contributed by atoms with Gasteiger partial charge in [0.15, 0.2) is 0 Å². The first kappa shape index (κ1) is 16.4. The van der Waals surface area contributed by atoms with Crippen LogP contribution in [0.5, 0.6) is 0 Å². The minimum Gasteiger partial charge on any atom is -0.380 e. The van der Waals surface area contributed by atoms with Gasteiger partial charge in [0.2, 0.25) is 0 Å². The fourth-order valence-electron chi connectivity index (χ4n) is 1.27. The molecule has 0 aromatic rings. The number of hydrogen-bond donors (Lipinski definition) is 0. The Hall–Kier alpha value is -1.60. The quantitative estimate of drug-likeness (QED) is 0.559. The number of rotatable bonds is 8. The summed E-state index contributed by atoms with van der Waals surface area (Å²) < 4.78 is 5.19. The Labute approximate surface area is 112 Å². The highest BCUT2D eigenvalue weighted by molar-refractivity contribution is 5.51. The molecule has 0 aromatic heterocycles. The molecule has 0 rings (SSSR count). The molecule has 0 amide bonds. The molecule has 0 spiro atoms. The molecule has 0 aromatic carbocycles. The van der Waals surface area contributed by atoms with Crippen LogP contribution in [-0.4, -0.2) is 13.7 Å². The number of allylic oxidation sites excluding steroid dienone is 6. The van der Waals surface area contributed by atoms with Gasteiger partial charge in [-0.3, -0.25) is 0 Å². The molecule has 98 valence electrons. The standard InChI is InChI=1S/C17H24O/c1-8-14(4)11-17(12-18-7)16(6)15(5)10-9-13(2)3/h9-11H,2,4-6,8,12H2,1,3,7H3/b10-9-,17-11-. The van der Waals surface area contributed by atoms with Crippen molar-refractivity contribution in [1.29, 1.82) is 0 Å². The van der Waals surface area contributed by atoms with E-state index in [0.717, 1.165) is 34.3 Å². The Morgan fingerprint density at radius 3 is 2.17 bits per heavy atom. The zero-order valence-electron chi connectivity index (χ0n) is 11.9. The van der Waals surface area contributed by atoms with Crippen molar-refractivity contribution in [3.8, 4) is 0 Å². The molecule has 0 heterocycles. The SMILES string of the molecule is C=C(C)/C=C\C(=C)C(=C)/C(=C\C(=C)CC)COC. The molecule has 1 heteroatoms. The Morgan fingerprint density at radius 2 is 1.72 bits per heavy atom. The van der Waals surface area contributed by atoms with Crippen molar-refractivity contribution in [1.82, 2.24) is 0 Å². The summed E-state index contributed by atoms with van der Waals surface area (Å²) in [4.78, 5) is 0. The molecule has 0 fully saturated rings. The van der Waals surface area contributed by atoms with E-state index >= 15 is 0 Å². The summed E-state index contributed by atoms with van der Waals surface area (Å²) in [6.45, 7) is 20.4. The van der Waals surface area contributed by atoms with Crippen molar-refractivity contribution in [2.75, 3.05) is 13.7 Å². The Kier molecular flexibility index (Phi) is 7.73. The van der Waals surface area contributed by atoms with Gasteiger partial charge in [-0.2, -0.15) is 0 Å². The normalized spacial score (nSPS) is 11.6. The topological polar surface area (TPSA) is 9.23 Å². The Morgan fingerprint density at radius 1 is 1.11 bits per heavy atom. The van der Waals surface area contributed by atoms with E-state index in [4.69, 9.17) is 4.74 Å². The van der Waals surface area contributed by atoms with Crippen LogP contribution in [0.15, 0.2) is 72.4 Å². The van der Waals surface area contributed by atoms with Crippen LogP contribution in [0.4, 0.5) is 0 Å². The van der Waals surface area contributed by atoms with E-state index in [1.165, 1.54) is 0 Å². The summed E-state index contributed by atoms with van der Waals surface area (Å²) in [6.07, 6.45) is 6.77. The molecule has 0 unspecified atom stereocenters. The van der Waals surface area contributed by atoms with Crippen molar-refractivity contribution in [2.45, 2.75) is 20.3 Å². The molecule has 0 radical (unpaired) electrons. The largest absolute Gasteiger partial charge is 0.380 e. The third kappa shape index (κ3) is 6.21. The molecule has 0 aliphatic rings. The summed E-state index contributed by atoms with van der Waals surface area (Å²) in [5, 5.41) is 0. The van der Waals surface area contributed by atoms with Crippen LogP contribution in [0.2, 0.25) is 0 Å². The van der Waals surface area contributed by atoms with Gasteiger partial charge in [0, 0.05) is 7.11 Å². The van der Waals surface area contributed by atoms with Gasteiger partial charge in [-0.15, -0.1) is 0 Å². The molecular weight excluding hydrogens is 220 g/mol. The van der Waals surface area contributed by atoms with E-state index in [2.05, 4.69) is 33.2 Å². The van der Waals surface area contributed by atoms with Crippen LogP contribution in [0, 0.1) is 0 Å². The number of hydrogen-bond acceptors (Lipinski definition) is 1. The molecule has 0 N–H and O–H groups in total. The van der Waals surface area contributed by atoms with E-state index in [1.54, 1.807) is 7.11 Å². The van der Waals surface area contributed by atoms with Gasteiger partial charge >= 0.3 is 0 Å². The first-order valence-corrected chi connectivity index (χ1v) is 6.01. The highest BCUT2D eigenvalue weighted by atomic mass is 16.5. The molecule has 18 heavy (non-hydrogen) atoms.